The first-order chi connectivity index (χ1) is 14.5. The predicted octanol–water partition coefficient (Wildman–Crippen LogP) is 5.61. The highest BCUT2D eigenvalue weighted by Crippen LogP contribution is 2.40. The lowest BCUT2D eigenvalue weighted by Crippen LogP contribution is -2.10. The highest BCUT2D eigenvalue weighted by atomic mass is 35.5. The number of carboxylic acids is 1. The highest BCUT2D eigenvalue weighted by Gasteiger charge is 2.36. The van der Waals surface area contributed by atoms with Crippen LogP contribution in [0.4, 0.5) is 13.2 Å². The number of benzene rings is 3. The number of aliphatic carboxylic acids is 1. The Balaban J connectivity index is 2.05. The van der Waals surface area contributed by atoms with Crippen molar-refractivity contribution in [3.05, 3.63) is 82.9 Å². The molecular weight excluding hydrogens is 457 g/mol. The van der Waals surface area contributed by atoms with Crippen LogP contribution in [0.1, 0.15) is 11.1 Å². The summed E-state index contributed by atoms with van der Waals surface area (Å²) in [6.45, 7) is 0. The smallest absolute Gasteiger partial charge is 0.420 e. The van der Waals surface area contributed by atoms with Gasteiger partial charge in [-0.15, -0.1) is 0 Å². The van der Waals surface area contributed by atoms with Crippen LogP contribution in [0.15, 0.2) is 76.5 Å². The van der Waals surface area contributed by atoms with Gasteiger partial charge in [0.1, 0.15) is 11.5 Å². The van der Waals surface area contributed by atoms with Gasteiger partial charge in [0.15, 0.2) is 0 Å². The van der Waals surface area contributed by atoms with Crippen LogP contribution >= 0.6 is 11.6 Å². The molecule has 0 spiro atoms. The molecule has 0 saturated carbocycles. The summed E-state index contributed by atoms with van der Waals surface area (Å²) < 4.78 is 71.7. The maximum Gasteiger partial charge on any atom is 0.420 e. The average molecular weight is 471 g/mol. The van der Waals surface area contributed by atoms with E-state index in [0.717, 1.165) is 12.1 Å². The third-order valence-corrected chi connectivity index (χ3v) is 6.12. The summed E-state index contributed by atoms with van der Waals surface area (Å²) in [5.74, 6) is -1.92. The molecule has 0 fully saturated rings. The predicted molar refractivity (Wildman–Crippen MR) is 106 cm³/mol. The molecule has 0 heterocycles. The Hall–Kier alpha value is -3.04. The van der Waals surface area contributed by atoms with E-state index < -0.39 is 44.6 Å². The summed E-state index contributed by atoms with van der Waals surface area (Å²) in [6, 6.07) is 13.3. The van der Waals surface area contributed by atoms with Crippen molar-refractivity contribution >= 4 is 27.4 Å². The maximum atomic E-state index is 13.7. The third kappa shape index (κ3) is 5.36. The Morgan fingerprint density at radius 2 is 1.65 bits per heavy atom. The molecule has 0 atom stereocenters. The molecule has 1 N–H and O–H groups in total. The van der Waals surface area contributed by atoms with E-state index in [0.29, 0.717) is 6.07 Å². The number of ether oxygens (including phenoxy) is 1. The largest absolute Gasteiger partial charge is 0.481 e. The van der Waals surface area contributed by atoms with Crippen LogP contribution in [0.3, 0.4) is 0 Å². The second kappa shape index (κ2) is 8.60. The maximum absolute atomic E-state index is 13.7. The lowest BCUT2D eigenvalue weighted by Gasteiger charge is -2.16. The Kier molecular flexibility index (Phi) is 6.28. The molecule has 0 aliphatic rings. The minimum atomic E-state index is -4.92. The first kappa shape index (κ1) is 22.6. The molecule has 3 rings (SSSR count). The Bertz CT molecular complexity index is 1230. The first-order valence-electron chi connectivity index (χ1n) is 8.67. The van der Waals surface area contributed by atoms with Crippen molar-refractivity contribution in [3.63, 3.8) is 0 Å². The van der Waals surface area contributed by atoms with Crippen molar-refractivity contribution < 1.29 is 36.2 Å². The molecule has 10 heteroatoms. The van der Waals surface area contributed by atoms with Crippen LogP contribution in [0.5, 0.6) is 11.5 Å². The number of hydrogen-bond donors (Lipinski definition) is 1. The van der Waals surface area contributed by atoms with Crippen LogP contribution in [0, 0.1) is 0 Å². The summed E-state index contributed by atoms with van der Waals surface area (Å²) in [5, 5.41) is 8.98. The van der Waals surface area contributed by atoms with Crippen molar-refractivity contribution in [2.24, 2.45) is 0 Å². The van der Waals surface area contributed by atoms with Gasteiger partial charge in [-0.1, -0.05) is 29.8 Å². The van der Waals surface area contributed by atoms with E-state index in [1.165, 1.54) is 42.5 Å². The van der Waals surface area contributed by atoms with E-state index in [1.807, 2.05) is 0 Å². The summed E-state index contributed by atoms with van der Waals surface area (Å²) in [7, 11) is -4.18. The van der Waals surface area contributed by atoms with E-state index in [9.17, 15) is 26.4 Å². The van der Waals surface area contributed by atoms with Crippen molar-refractivity contribution in [1.82, 2.24) is 0 Å². The molecule has 5 nitrogen and oxygen atoms in total. The number of sulfone groups is 1. The molecule has 3 aromatic carbocycles. The van der Waals surface area contributed by atoms with Gasteiger partial charge in [-0.25, -0.2) is 8.42 Å². The Morgan fingerprint density at radius 3 is 2.26 bits per heavy atom. The van der Waals surface area contributed by atoms with Gasteiger partial charge in [-0.2, -0.15) is 13.2 Å². The molecule has 31 heavy (non-hydrogen) atoms. The number of alkyl halides is 3. The fraction of sp³-hybridized carbons (Fsp3) is 0.0952. The number of carbonyl (C=O) groups is 1. The van der Waals surface area contributed by atoms with Crippen molar-refractivity contribution in [2.45, 2.75) is 22.4 Å². The van der Waals surface area contributed by atoms with Crippen LogP contribution in [-0.2, 0) is 27.2 Å². The molecule has 0 aliphatic carbocycles. The van der Waals surface area contributed by atoms with Crippen LogP contribution in [0.25, 0.3) is 0 Å². The lowest BCUT2D eigenvalue weighted by atomic mass is 10.1. The monoisotopic (exact) mass is 470 g/mol. The van der Waals surface area contributed by atoms with Crippen molar-refractivity contribution in [2.75, 3.05) is 0 Å². The molecule has 0 bridgehead atoms. The molecule has 3 aromatic rings. The molecule has 0 unspecified atom stereocenters. The summed E-state index contributed by atoms with van der Waals surface area (Å²) in [5.41, 5.74) is -1.07. The van der Waals surface area contributed by atoms with Gasteiger partial charge in [0, 0.05) is 5.02 Å². The lowest BCUT2D eigenvalue weighted by molar-refractivity contribution is -0.139. The minimum Gasteiger partial charge on any atom is -0.481 e. The molecular formula is C21H14ClF3O5S. The second-order valence-corrected chi connectivity index (χ2v) is 8.83. The molecule has 162 valence electrons. The number of rotatable bonds is 6. The van der Waals surface area contributed by atoms with Gasteiger partial charge >= 0.3 is 12.1 Å². The summed E-state index contributed by atoms with van der Waals surface area (Å²) in [6.07, 6.45) is -5.32. The third-order valence-electron chi connectivity index (χ3n) is 4.13. The summed E-state index contributed by atoms with van der Waals surface area (Å²) >= 11 is 5.91. The zero-order valence-corrected chi connectivity index (χ0v) is 17.1. The van der Waals surface area contributed by atoms with Crippen molar-refractivity contribution in [1.29, 1.82) is 0 Å². The molecule has 0 amide bonds. The van der Waals surface area contributed by atoms with Gasteiger partial charge in [0.25, 0.3) is 0 Å². The number of carboxylic acid groups (broad SMARTS) is 1. The second-order valence-electron chi connectivity index (χ2n) is 6.44. The van der Waals surface area contributed by atoms with Gasteiger partial charge in [-0.3, -0.25) is 4.79 Å². The fourth-order valence-corrected chi connectivity index (χ4v) is 4.36. The quantitative estimate of drug-likeness (QED) is 0.506. The first-order valence-corrected chi connectivity index (χ1v) is 10.5. The van der Waals surface area contributed by atoms with E-state index in [2.05, 4.69) is 0 Å². The van der Waals surface area contributed by atoms with Crippen molar-refractivity contribution in [3.8, 4) is 11.5 Å². The topological polar surface area (TPSA) is 80.7 Å². The van der Waals surface area contributed by atoms with Crippen LogP contribution in [0.2, 0.25) is 5.02 Å². The highest BCUT2D eigenvalue weighted by molar-refractivity contribution is 7.91. The van der Waals surface area contributed by atoms with E-state index in [1.54, 1.807) is 6.07 Å². The fourth-order valence-electron chi connectivity index (χ4n) is 2.81. The SMILES string of the molecule is O=C(O)Cc1cc(Cl)cc(Oc2ccc(S(=O)(=O)c3ccccc3)cc2C(F)(F)F)c1. The van der Waals surface area contributed by atoms with Gasteiger partial charge in [-0.05, 0) is 54.1 Å². The normalized spacial score (nSPS) is 11.9. The zero-order valence-electron chi connectivity index (χ0n) is 15.6. The van der Waals surface area contributed by atoms with E-state index in [-0.39, 0.29) is 21.2 Å². The standard InChI is InChI=1S/C21H14ClF3O5S/c22-14-8-13(10-20(26)27)9-15(11-14)30-19-7-6-17(12-18(19)21(23,24)25)31(28,29)16-4-2-1-3-5-16/h1-9,11-12H,10H2,(H,26,27). The Morgan fingerprint density at radius 1 is 0.968 bits per heavy atom. The molecule has 0 aliphatic heterocycles. The summed E-state index contributed by atoms with van der Waals surface area (Å²) in [4.78, 5) is 10.2. The van der Waals surface area contributed by atoms with Gasteiger partial charge in [0.2, 0.25) is 9.84 Å². The van der Waals surface area contributed by atoms with E-state index >= 15 is 0 Å². The van der Waals surface area contributed by atoms with E-state index in [4.69, 9.17) is 21.4 Å². The van der Waals surface area contributed by atoms with Gasteiger partial charge < -0.3 is 9.84 Å². The van der Waals surface area contributed by atoms with Crippen LogP contribution < -0.4 is 4.74 Å². The molecule has 0 aromatic heterocycles. The zero-order chi connectivity index (χ0) is 22.8. The number of halogens is 4. The Labute approximate surface area is 180 Å². The average Bonchev–Trinajstić information content (AvgIpc) is 2.67. The number of hydrogen-bond acceptors (Lipinski definition) is 4. The van der Waals surface area contributed by atoms with Crippen LogP contribution in [-0.4, -0.2) is 19.5 Å². The molecule has 0 saturated heterocycles. The van der Waals surface area contributed by atoms with Gasteiger partial charge in [0.05, 0.1) is 21.8 Å². The molecule has 0 radical (unpaired) electrons. The minimum absolute atomic E-state index is 0.0746.